The molecule has 0 aromatic heterocycles. The zero-order chi connectivity index (χ0) is 31.6. The van der Waals surface area contributed by atoms with E-state index in [0.717, 1.165) is 25.7 Å². The molecule has 0 aliphatic heterocycles. The molecule has 3 atom stereocenters. The van der Waals surface area contributed by atoms with Crippen molar-refractivity contribution in [3.05, 3.63) is 0 Å². The Balaban J connectivity index is 3.63. The maximum atomic E-state index is 12.4. The van der Waals surface area contributed by atoms with Gasteiger partial charge in [0.1, 0.15) is 0 Å². The summed E-state index contributed by atoms with van der Waals surface area (Å²) in [5, 5.41) is 33.2. The van der Waals surface area contributed by atoms with Gasteiger partial charge in [-0.2, -0.15) is 0 Å². The summed E-state index contributed by atoms with van der Waals surface area (Å²) in [6, 6.07) is -0.650. The maximum absolute atomic E-state index is 12.4. The summed E-state index contributed by atoms with van der Waals surface area (Å²) in [6.45, 7) is 4.26. The molecule has 0 rings (SSSR count). The molecule has 0 heterocycles. The van der Waals surface area contributed by atoms with Crippen LogP contribution >= 0.6 is 0 Å². The number of carbonyl (C=O) groups is 1. The van der Waals surface area contributed by atoms with Gasteiger partial charge in [0.2, 0.25) is 5.91 Å². The van der Waals surface area contributed by atoms with Crippen LogP contribution in [0.2, 0.25) is 0 Å². The molecule has 0 fully saturated rings. The minimum atomic E-state index is -0.741. The molecule has 0 spiro atoms. The highest BCUT2D eigenvalue weighted by atomic mass is 16.3. The van der Waals surface area contributed by atoms with Crippen molar-refractivity contribution in [2.24, 2.45) is 0 Å². The second-order valence-corrected chi connectivity index (χ2v) is 13.6. The minimum absolute atomic E-state index is 0.0422. The Labute approximate surface area is 268 Å². The highest BCUT2D eigenvalue weighted by Gasteiger charge is 2.21. The van der Waals surface area contributed by atoms with Crippen LogP contribution in [0.25, 0.3) is 0 Å². The van der Waals surface area contributed by atoms with Crippen LogP contribution < -0.4 is 5.32 Å². The van der Waals surface area contributed by atoms with E-state index < -0.39 is 18.2 Å². The van der Waals surface area contributed by atoms with Crippen LogP contribution in [0, 0.1) is 0 Å². The third-order valence-corrected chi connectivity index (χ3v) is 9.17. The summed E-state index contributed by atoms with van der Waals surface area (Å²) in [6.07, 6.45) is 36.2. The van der Waals surface area contributed by atoms with Crippen LogP contribution in [0.5, 0.6) is 0 Å². The lowest BCUT2D eigenvalue weighted by Crippen LogP contribution is -2.46. The van der Waals surface area contributed by atoms with Crippen LogP contribution in [-0.4, -0.2) is 46.1 Å². The number of nitrogens with one attached hydrogen (secondary N) is 1. The smallest absolute Gasteiger partial charge is 0.222 e. The second-order valence-electron chi connectivity index (χ2n) is 13.6. The van der Waals surface area contributed by atoms with Gasteiger partial charge in [-0.15, -0.1) is 0 Å². The number of aliphatic hydroxyl groups is 3. The molecule has 0 aromatic rings. The van der Waals surface area contributed by atoms with E-state index in [2.05, 4.69) is 19.2 Å². The third-order valence-electron chi connectivity index (χ3n) is 9.17. The number of amides is 1. The first-order chi connectivity index (χ1) is 21.0. The number of carbonyl (C=O) groups excluding carboxylic acids is 1. The Morgan fingerprint density at radius 1 is 0.488 bits per heavy atom. The number of aliphatic hydroxyl groups excluding tert-OH is 3. The summed E-state index contributed by atoms with van der Waals surface area (Å²) in [5.41, 5.74) is 0. The van der Waals surface area contributed by atoms with Crippen LogP contribution in [0.3, 0.4) is 0 Å². The van der Waals surface area contributed by atoms with Gasteiger partial charge in [0.25, 0.3) is 0 Å². The number of hydrogen-bond acceptors (Lipinski definition) is 4. The standard InChI is InChI=1S/C38H77NO4/c1-3-5-7-9-11-13-15-17-19-21-23-25-27-29-31-35(41)33-38(43)39-36(34-40)37(42)32-30-28-26-24-22-20-18-16-14-12-10-8-6-4-2/h35-37,40-42H,3-34H2,1-2H3,(H,39,43). The molecule has 0 aliphatic carbocycles. The molecule has 0 radical (unpaired) electrons. The molecule has 43 heavy (non-hydrogen) atoms. The van der Waals surface area contributed by atoms with E-state index in [-0.39, 0.29) is 18.9 Å². The Hall–Kier alpha value is -0.650. The van der Waals surface area contributed by atoms with Crippen LogP contribution in [-0.2, 0) is 4.79 Å². The molecule has 0 saturated carbocycles. The monoisotopic (exact) mass is 612 g/mol. The summed E-state index contributed by atoms with van der Waals surface area (Å²) in [5.74, 6) is -0.281. The first-order valence-electron chi connectivity index (χ1n) is 19.3. The van der Waals surface area contributed by atoms with Crippen LogP contribution in [0.4, 0.5) is 0 Å². The van der Waals surface area contributed by atoms with Crippen molar-refractivity contribution in [3.8, 4) is 0 Å². The fourth-order valence-corrected chi connectivity index (χ4v) is 6.17. The largest absolute Gasteiger partial charge is 0.394 e. The Morgan fingerprint density at radius 3 is 1.12 bits per heavy atom. The highest BCUT2D eigenvalue weighted by molar-refractivity contribution is 5.76. The molecular formula is C38H77NO4. The summed E-state index contributed by atoms with van der Waals surface area (Å²) >= 11 is 0. The molecule has 0 aromatic carbocycles. The third kappa shape index (κ3) is 31.1. The minimum Gasteiger partial charge on any atom is -0.394 e. The van der Waals surface area contributed by atoms with E-state index in [1.54, 1.807) is 0 Å². The van der Waals surface area contributed by atoms with E-state index in [9.17, 15) is 20.1 Å². The molecule has 0 saturated heterocycles. The molecule has 258 valence electrons. The molecule has 0 bridgehead atoms. The lowest BCUT2D eigenvalue weighted by Gasteiger charge is -2.23. The SMILES string of the molecule is CCCCCCCCCCCCCCCCC(O)CC(=O)NC(CO)C(O)CCCCCCCCCCCCCCCC. The van der Waals surface area contributed by atoms with Gasteiger partial charge >= 0.3 is 0 Å². The lowest BCUT2D eigenvalue weighted by atomic mass is 10.0. The normalized spacial score (nSPS) is 13.7. The van der Waals surface area contributed by atoms with E-state index in [1.807, 2.05) is 0 Å². The summed E-state index contributed by atoms with van der Waals surface area (Å²) < 4.78 is 0. The van der Waals surface area contributed by atoms with Gasteiger partial charge in [0, 0.05) is 0 Å². The molecule has 3 unspecified atom stereocenters. The molecule has 5 nitrogen and oxygen atoms in total. The van der Waals surface area contributed by atoms with E-state index >= 15 is 0 Å². The van der Waals surface area contributed by atoms with Crippen molar-refractivity contribution in [3.63, 3.8) is 0 Å². The van der Waals surface area contributed by atoms with Crippen molar-refractivity contribution < 1.29 is 20.1 Å². The van der Waals surface area contributed by atoms with Gasteiger partial charge in [0.05, 0.1) is 31.3 Å². The first-order valence-corrected chi connectivity index (χ1v) is 19.3. The van der Waals surface area contributed by atoms with Gasteiger partial charge in [-0.3, -0.25) is 4.79 Å². The molecule has 4 N–H and O–H groups in total. The quantitative estimate of drug-likeness (QED) is 0.0537. The van der Waals surface area contributed by atoms with E-state index in [0.29, 0.717) is 12.8 Å². The number of hydrogen-bond donors (Lipinski definition) is 4. The van der Waals surface area contributed by atoms with Crippen molar-refractivity contribution in [1.82, 2.24) is 5.32 Å². The van der Waals surface area contributed by atoms with Crippen molar-refractivity contribution >= 4 is 5.91 Å². The van der Waals surface area contributed by atoms with Gasteiger partial charge < -0.3 is 20.6 Å². The van der Waals surface area contributed by atoms with E-state index in [4.69, 9.17) is 0 Å². The Kier molecular flexibility index (Phi) is 33.7. The summed E-state index contributed by atoms with van der Waals surface area (Å²) in [4.78, 5) is 12.4. The Bertz CT molecular complexity index is 558. The predicted molar refractivity (Wildman–Crippen MR) is 186 cm³/mol. The van der Waals surface area contributed by atoms with Crippen molar-refractivity contribution in [2.75, 3.05) is 6.61 Å². The van der Waals surface area contributed by atoms with Crippen LogP contribution in [0.1, 0.15) is 213 Å². The Morgan fingerprint density at radius 2 is 0.791 bits per heavy atom. The van der Waals surface area contributed by atoms with Crippen LogP contribution in [0.15, 0.2) is 0 Å². The molecule has 1 amide bonds. The maximum Gasteiger partial charge on any atom is 0.222 e. The van der Waals surface area contributed by atoms with Gasteiger partial charge in [-0.1, -0.05) is 194 Å². The van der Waals surface area contributed by atoms with Gasteiger partial charge in [-0.25, -0.2) is 0 Å². The zero-order valence-corrected chi connectivity index (χ0v) is 29.1. The van der Waals surface area contributed by atoms with Crippen molar-refractivity contribution in [1.29, 1.82) is 0 Å². The molecular weight excluding hydrogens is 534 g/mol. The van der Waals surface area contributed by atoms with Gasteiger partial charge in [0.15, 0.2) is 0 Å². The fraction of sp³-hybridized carbons (Fsp3) is 0.974. The topological polar surface area (TPSA) is 89.8 Å². The average Bonchev–Trinajstić information content (AvgIpc) is 3.00. The fourth-order valence-electron chi connectivity index (χ4n) is 6.17. The molecule has 0 aliphatic rings. The number of unbranched alkanes of at least 4 members (excludes halogenated alkanes) is 26. The highest BCUT2D eigenvalue weighted by Crippen LogP contribution is 2.16. The second kappa shape index (κ2) is 34.2. The zero-order valence-electron chi connectivity index (χ0n) is 29.1. The van der Waals surface area contributed by atoms with Crippen molar-refractivity contribution in [2.45, 2.75) is 231 Å². The number of rotatable bonds is 35. The van der Waals surface area contributed by atoms with E-state index in [1.165, 1.54) is 154 Å². The summed E-state index contributed by atoms with van der Waals surface area (Å²) in [7, 11) is 0. The average molecular weight is 612 g/mol. The predicted octanol–water partition coefficient (Wildman–Crippen LogP) is 10.3. The first kappa shape index (κ1) is 42.3. The lowest BCUT2D eigenvalue weighted by molar-refractivity contribution is -0.125. The van der Waals surface area contributed by atoms with Gasteiger partial charge in [-0.05, 0) is 12.8 Å². The molecule has 5 heteroatoms.